The number of rotatable bonds is 6. The number of aliphatic hydroxyl groups excluding tert-OH is 1. The summed E-state index contributed by atoms with van der Waals surface area (Å²) in [6.07, 6.45) is 2.47. The third kappa shape index (κ3) is 5.07. The van der Waals surface area contributed by atoms with Crippen molar-refractivity contribution in [1.82, 2.24) is 15.3 Å². The molecule has 0 saturated heterocycles. The lowest BCUT2D eigenvalue weighted by Gasteiger charge is -2.15. The maximum absolute atomic E-state index is 13.0. The molecule has 2 aromatic carbocycles. The van der Waals surface area contributed by atoms with Gasteiger partial charge in [0.05, 0.1) is 5.69 Å². The van der Waals surface area contributed by atoms with Crippen molar-refractivity contribution in [3.05, 3.63) is 119 Å². The van der Waals surface area contributed by atoms with E-state index >= 15 is 0 Å². The zero-order valence-corrected chi connectivity index (χ0v) is 18.1. The second kappa shape index (κ2) is 9.54. The van der Waals surface area contributed by atoms with Crippen molar-refractivity contribution in [3.8, 4) is 11.1 Å². The molecule has 1 atom stereocenters. The third-order valence-corrected chi connectivity index (χ3v) is 5.31. The van der Waals surface area contributed by atoms with Gasteiger partial charge in [-0.05, 0) is 72.5 Å². The average Bonchev–Trinajstić information content (AvgIpc) is 2.83. The number of nitrogens with one attached hydrogen (secondary N) is 1. The van der Waals surface area contributed by atoms with Gasteiger partial charge in [-0.2, -0.15) is 0 Å². The van der Waals surface area contributed by atoms with Gasteiger partial charge >= 0.3 is 0 Å². The minimum Gasteiger partial charge on any atom is -0.382 e. The zero-order chi connectivity index (χ0) is 22.5. The molecule has 0 saturated carbocycles. The fraction of sp³-hybridized carbons (Fsp3) is 0.148. The van der Waals surface area contributed by atoms with Crippen LogP contribution >= 0.6 is 0 Å². The molecule has 160 valence electrons. The highest BCUT2D eigenvalue weighted by Crippen LogP contribution is 2.28. The fourth-order valence-corrected chi connectivity index (χ4v) is 3.45. The summed E-state index contributed by atoms with van der Waals surface area (Å²) in [6, 6.07) is 22.8. The Balaban J connectivity index is 1.66. The van der Waals surface area contributed by atoms with Crippen LogP contribution in [0.15, 0.2) is 85.2 Å². The molecule has 4 rings (SSSR count). The predicted octanol–water partition coefficient (Wildman–Crippen LogP) is 4.77. The quantitative estimate of drug-likeness (QED) is 0.468. The first-order valence-electron chi connectivity index (χ1n) is 10.5. The van der Waals surface area contributed by atoms with E-state index in [4.69, 9.17) is 0 Å². The van der Waals surface area contributed by atoms with Gasteiger partial charge in [0.2, 0.25) is 0 Å². The molecule has 0 fully saturated rings. The average molecular weight is 424 g/mol. The molecule has 2 heterocycles. The zero-order valence-electron chi connectivity index (χ0n) is 18.1. The normalized spacial score (nSPS) is 11.7. The second-order valence-electron chi connectivity index (χ2n) is 7.86. The van der Waals surface area contributed by atoms with E-state index in [1.807, 2.05) is 68.4 Å². The SMILES string of the molecule is Cc1ccc(-c2cc(C(=O)NCc3ccc(C)nc3)cc(C(O)c3ccccn3)c2)cc1. The Morgan fingerprint density at radius 3 is 2.44 bits per heavy atom. The Labute approximate surface area is 187 Å². The molecule has 0 aliphatic carbocycles. The number of nitrogens with zero attached hydrogens (tertiary/aromatic N) is 2. The van der Waals surface area contributed by atoms with Crippen LogP contribution in [0.4, 0.5) is 0 Å². The maximum atomic E-state index is 13.0. The fourth-order valence-electron chi connectivity index (χ4n) is 3.45. The summed E-state index contributed by atoms with van der Waals surface area (Å²) >= 11 is 0. The van der Waals surface area contributed by atoms with Crippen molar-refractivity contribution < 1.29 is 9.90 Å². The van der Waals surface area contributed by atoms with Crippen molar-refractivity contribution in [1.29, 1.82) is 0 Å². The minimum atomic E-state index is -0.936. The van der Waals surface area contributed by atoms with E-state index in [-0.39, 0.29) is 5.91 Å². The molecule has 5 heteroatoms. The highest BCUT2D eigenvalue weighted by atomic mass is 16.3. The Morgan fingerprint density at radius 1 is 0.938 bits per heavy atom. The van der Waals surface area contributed by atoms with Gasteiger partial charge in [-0.25, -0.2) is 0 Å². The molecule has 0 bridgehead atoms. The van der Waals surface area contributed by atoms with E-state index in [9.17, 15) is 9.90 Å². The summed E-state index contributed by atoms with van der Waals surface area (Å²) in [4.78, 5) is 21.5. The lowest BCUT2D eigenvalue weighted by Crippen LogP contribution is -2.23. The molecular weight excluding hydrogens is 398 g/mol. The van der Waals surface area contributed by atoms with Gasteiger partial charge in [0.15, 0.2) is 0 Å². The number of aliphatic hydroxyl groups is 1. The number of hydrogen-bond donors (Lipinski definition) is 2. The summed E-state index contributed by atoms with van der Waals surface area (Å²) in [5, 5.41) is 13.9. The maximum Gasteiger partial charge on any atom is 0.251 e. The summed E-state index contributed by atoms with van der Waals surface area (Å²) in [6.45, 7) is 4.33. The Morgan fingerprint density at radius 2 is 1.75 bits per heavy atom. The van der Waals surface area contributed by atoms with E-state index in [0.717, 1.165) is 27.9 Å². The van der Waals surface area contributed by atoms with Crippen molar-refractivity contribution >= 4 is 5.91 Å². The highest BCUT2D eigenvalue weighted by Gasteiger charge is 2.17. The molecule has 0 aliphatic heterocycles. The third-order valence-electron chi connectivity index (χ3n) is 5.31. The van der Waals surface area contributed by atoms with Crippen LogP contribution in [0.2, 0.25) is 0 Å². The summed E-state index contributed by atoms with van der Waals surface area (Å²) < 4.78 is 0. The van der Waals surface area contributed by atoms with Crippen LogP contribution in [0.3, 0.4) is 0 Å². The number of amides is 1. The van der Waals surface area contributed by atoms with Crippen molar-refractivity contribution in [2.75, 3.05) is 0 Å². The molecule has 1 unspecified atom stereocenters. The number of pyridine rings is 2. The molecule has 2 N–H and O–H groups in total. The molecule has 5 nitrogen and oxygen atoms in total. The van der Waals surface area contributed by atoms with E-state index in [2.05, 4.69) is 15.3 Å². The first-order chi connectivity index (χ1) is 15.5. The number of carbonyl (C=O) groups excluding carboxylic acids is 1. The van der Waals surface area contributed by atoms with Crippen LogP contribution in [-0.2, 0) is 6.54 Å². The number of benzene rings is 2. The molecule has 32 heavy (non-hydrogen) atoms. The van der Waals surface area contributed by atoms with E-state index in [0.29, 0.717) is 23.4 Å². The van der Waals surface area contributed by atoms with Gasteiger partial charge < -0.3 is 10.4 Å². The van der Waals surface area contributed by atoms with Gasteiger partial charge in [0.25, 0.3) is 5.91 Å². The molecule has 0 spiro atoms. The van der Waals surface area contributed by atoms with Crippen molar-refractivity contribution in [2.45, 2.75) is 26.5 Å². The Kier molecular flexibility index (Phi) is 6.38. The second-order valence-corrected chi connectivity index (χ2v) is 7.86. The van der Waals surface area contributed by atoms with Crippen LogP contribution in [0.1, 0.15) is 44.5 Å². The topological polar surface area (TPSA) is 75.1 Å². The molecule has 0 aliphatic rings. The number of aromatic nitrogens is 2. The molecule has 2 aromatic heterocycles. The van der Waals surface area contributed by atoms with Crippen LogP contribution in [-0.4, -0.2) is 21.0 Å². The van der Waals surface area contributed by atoms with Gasteiger partial charge in [0, 0.05) is 30.2 Å². The highest BCUT2D eigenvalue weighted by molar-refractivity contribution is 5.95. The Hall–Kier alpha value is -3.83. The summed E-state index contributed by atoms with van der Waals surface area (Å²) in [5.41, 5.74) is 6.47. The van der Waals surface area contributed by atoms with Gasteiger partial charge in [-0.1, -0.05) is 42.0 Å². The van der Waals surface area contributed by atoms with Gasteiger partial charge in [0.1, 0.15) is 6.10 Å². The number of hydrogen-bond acceptors (Lipinski definition) is 4. The summed E-state index contributed by atoms with van der Waals surface area (Å²) in [5.74, 6) is -0.214. The van der Waals surface area contributed by atoms with Crippen LogP contribution in [0.25, 0.3) is 11.1 Å². The van der Waals surface area contributed by atoms with Crippen molar-refractivity contribution in [2.24, 2.45) is 0 Å². The van der Waals surface area contributed by atoms with Crippen LogP contribution in [0, 0.1) is 13.8 Å². The molecule has 1 amide bonds. The smallest absolute Gasteiger partial charge is 0.251 e. The summed E-state index contributed by atoms with van der Waals surface area (Å²) in [7, 11) is 0. The molecule has 0 radical (unpaired) electrons. The number of carbonyl (C=O) groups is 1. The van der Waals surface area contributed by atoms with Crippen LogP contribution in [0.5, 0.6) is 0 Å². The predicted molar refractivity (Wildman–Crippen MR) is 125 cm³/mol. The van der Waals surface area contributed by atoms with Gasteiger partial charge in [-0.15, -0.1) is 0 Å². The molecular formula is C27H25N3O2. The standard InChI is InChI=1S/C27H25N3O2/c1-18-6-10-21(11-7-18)22-13-23(26(31)25-5-3-4-12-28-25)15-24(14-22)27(32)30-17-20-9-8-19(2)29-16-20/h3-16,26,31H,17H2,1-2H3,(H,30,32). The lowest BCUT2D eigenvalue weighted by atomic mass is 9.95. The van der Waals surface area contributed by atoms with Crippen molar-refractivity contribution in [3.63, 3.8) is 0 Å². The number of aryl methyl sites for hydroxylation is 2. The lowest BCUT2D eigenvalue weighted by molar-refractivity contribution is 0.0950. The minimum absolute atomic E-state index is 0.214. The molecule has 4 aromatic rings. The van der Waals surface area contributed by atoms with E-state index in [1.165, 1.54) is 0 Å². The van der Waals surface area contributed by atoms with Crippen LogP contribution < -0.4 is 5.32 Å². The van der Waals surface area contributed by atoms with Gasteiger partial charge in [-0.3, -0.25) is 14.8 Å². The van der Waals surface area contributed by atoms with E-state index < -0.39 is 6.10 Å². The first kappa shape index (κ1) is 21.4. The monoisotopic (exact) mass is 423 g/mol. The first-order valence-corrected chi connectivity index (χ1v) is 10.5. The Bertz CT molecular complexity index is 1200. The van der Waals surface area contributed by atoms with E-state index in [1.54, 1.807) is 30.6 Å². The largest absolute Gasteiger partial charge is 0.382 e.